The average Bonchev–Trinajstić information content (AvgIpc) is 2.88. The van der Waals surface area contributed by atoms with E-state index >= 15 is 0 Å². The summed E-state index contributed by atoms with van der Waals surface area (Å²) in [6.07, 6.45) is 1.21. The Morgan fingerprint density at radius 1 is 0.919 bits per heavy atom. The fourth-order valence-corrected chi connectivity index (χ4v) is 5.30. The molecule has 0 saturated carbocycles. The smallest absolute Gasteiger partial charge is 0.251 e. The van der Waals surface area contributed by atoms with E-state index in [0.717, 1.165) is 55.1 Å². The van der Waals surface area contributed by atoms with Crippen molar-refractivity contribution >= 4 is 21.6 Å². The van der Waals surface area contributed by atoms with Crippen LogP contribution in [0.3, 0.4) is 0 Å². The molecule has 0 atom stereocenters. The lowest BCUT2D eigenvalue weighted by atomic mass is 10.1. The number of aryl methyl sites for hydroxylation is 2. The maximum atomic E-state index is 12.7. The molecule has 7 nitrogen and oxygen atoms in total. The number of carbonyl (C=O) groups is 1. The van der Waals surface area contributed by atoms with Crippen molar-refractivity contribution in [1.82, 2.24) is 10.2 Å². The van der Waals surface area contributed by atoms with Gasteiger partial charge in [0, 0.05) is 31.7 Å². The standard InChI is InChI=1S/C29H35N3O4S/c1-22-4-5-23(2)28(18-22)32(37(3,34)35)21-26-10-12-27(13-11-26)29(33)30-19-24-6-8-25(9-7-24)20-31-14-16-36-17-15-31/h4-13,18H,14-17,19-21H2,1-3H3,(H,30,33). The maximum Gasteiger partial charge on any atom is 0.251 e. The van der Waals surface area contributed by atoms with E-state index in [0.29, 0.717) is 17.8 Å². The molecule has 1 aliphatic heterocycles. The summed E-state index contributed by atoms with van der Waals surface area (Å²) >= 11 is 0. The van der Waals surface area contributed by atoms with E-state index in [2.05, 4.69) is 22.3 Å². The molecule has 0 radical (unpaired) electrons. The summed E-state index contributed by atoms with van der Waals surface area (Å²) in [6, 6.07) is 21.2. The van der Waals surface area contributed by atoms with E-state index in [1.165, 1.54) is 16.1 Å². The van der Waals surface area contributed by atoms with E-state index < -0.39 is 10.0 Å². The Kier molecular flexibility index (Phi) is 8.63. The molecule has 1 fully saturated rings. The summed E-state index contributed by atoms with van der Waals surface area (Å²) in [4.78, 5) is 15.1. The number of carbonyl (C=O) groups excluding carboxylic acids is 1. The zero-order chi connectivity index (χ0) is 26.4. The van der Waals surface area contributed by atoms with Gasteiger partial charge < -0.3 is 10.1 Å². The molecule has 1 saturated heterocycles. The van der Waals surface area contributed by atoms with Crippen LogP contribution in [0, 0.1) is 13.8 Å². The molecule has 196 valence electrons. The van der Waals surface area contributed by atoms with Gasteiger partial charge in [0.25, 0.3) is 5.91 Å². The lowest BCUT2D eigenvalue weighted by molar-refractivity contribution is 0.0342. The monoisotopic (exact) mass is 521 g/mol. The average molecular weight is 522 g/mol. The first-order chi connectivity index (χ1) is 17.7. The van der Waals surface area contributed by atoms with E-state index in [-0.39, 0.29) is 12.5 Å². The second-order valence-electron chi connectivity index (χ2n) is 9.64. The van der Waals surface area contributed by atoms with Crippen molar-refractivity contribution in [2.45, 2.75) is 33.5 Å². The Morgan fingerprint density at radius 2 is 1.54 bits per heavy atom. The fraction of sp³-hybridized carbons (Fsp3) is 0.345. The van der Waals surface area contributed by atoms with Gasteiger partial charge in [0.1, 0.15) is 0 Å². The minimum Gasteiger partial charge on any atom is -0.379 e. The Morgan fingerprint density at radius 3 is 2.19 bits per heavy atom. The molecule has 0 unspecified atom stereocenters. The summed E-state index contributed by atoms with van der Waals surface area (Å²) in [5.41, 5.74) is 6.17. The SMILES string of the molecule is Cc1ccc(C)c(N(Cc2ccc(C(=O)NCc3ccc(CN4CCOCC4)cc3)cc2)S(C)(=O)=O)c1. The Bertz CT molecular complexity index is 1320. The second kappa shape index (κ2) is 11.9. The fourth-order valence-electron chi connectivity index (χ4n) is 4.36. The van der Waals surface area contributed by atoms with Crippen LogP contribution in [0.25, 0.3) is 0 Å². The van der Waals surface area contributed by atoms with Crippen LogP contribution in [0.15, 0.2) is 66.7 Å². The molecule has 8 heteroatoms. The van der Waals surface area contributed by atoms with Crippen LogP contribution in [-0.4, -0.2) is 51.8 Å². The van der Waals surface area contributed by atoms with Crippen molar-refractivity contribution in [3.8, 4) is 0 Å². The number of amides is 1. The predicted molar refractivity (Wildman–Crippen MR) is 147 cm³/mol. The van der Waals surface area contributed by atoms with Gasteiger partial charge in [-0.1, -0.05) is 48.5 Å². The number of sulfonamides is 1. The van der Waals surface area contributed by atoms with Crippen molar-refractivity contribution in [1.29, 1.82) is 0 Å². The lowest BCUT2D eigenvalue weighted by Gasteiger charge is -2.26. The molecule has 0 aliphatic carbocycles. The first-order valence-corrected chi connectivity index (χ1v) is 14.3. The third-order valence-corrected chi connectivity index (χ3v) is 7.69. The molecular weight excluding hydrogens is 486 g/mol. The highest BCUT2D eigenvalue weighted by atomic mass is 32.2. The highest BCUT2D eigenvalue weighted by Crippen LogP contribution is 2.26. The van der Waals surface area contributed by atoms with Crippen LogP contribution in [0.2, 0.25) is 0 Å². The number of benzene rings is 3. The molecule has 37 heavy (non-hydrogen) atoms. The number of nitrogens with one attached hydrogen (secondary N) is 1. The quantitative estimate of drug-likeness (QED) is 0.460. The van der Waals surface area contributed by atoms with Crippen LogP contribution in [-0.2, 0) is 34.4 Å². The molecule has 0 spiro atoms. The topological polar surface area (TPSA) is 79.0 Å². The van der Waals surface area contributed by atoms with Gasteiger partial charge in [-0.15, -0.1) is 0 Å². The van der Waals surface area contributed by atoms with Crippen molar-refractivity contribution in [3.63, 3.8) is 0 Å². The summed E-state index contributed by atoms with van der Waals surface area (Å²) in [6.45, 7) is 8.86. The van der Waals surface area contributed by atoms with Crippen molar-refractivity contribution in [2.75, 3.05) is 36.9 Å². The van der Waals surface area contributed by atoms with E-state index in [9.17, 15) is 13.2 Å². The molecular formula is C29H35N3O4S. The Labute approximate surface area is 220 Å². The number of hydrogen-bond acceptors (Lipinski definition) is 5. The highest BCUT2D eigenvalue weighted by molar-refractivity contribution is 7.92. The maximum absolute atomic E-state index is 12.7. The molecule has 0 aromatic heterocycles. The first-order valence-electron chi connectivity index (χ1n) is 12.5. The van der Waals surface area contributed by atoms with Gasteiger partial charge in [-0.3, -0.25) is 14.0 Å². The number of ether oxygens (including phenoxy) is 1. The van der Waals surface area contributed by atoms with Crippen molar-refractivity contribution < 1.29 is 17.9 Å². The number of hydrogen-bond donors (Lipinski definition) is 1. The minimum atomic E-state index is -3.49. The summed E-state index contributed by atoms with van der Waals surface area (Å²) in [5, 5.41) is 2.97. The molecule has 1 amide bonds. The third kappa shape index (κ3) is 7.41. The second-order valence-corrected chi connectivity index (χ2v) is 11.6. The molecule has 1 aliphatic rings. The number of anilines is 1. The number of morpholine rings is 1. The minimum absolute atomic E-state index is 0.168. The van der Waals surface area contributed by atoms with E-state index in [4.69, 9.17) is 4.74 Å². The largest absolute Gasteiger partial charge is 0.379 e. The number of nitrogens with zero attached hydrogens (tertiary/aromatic N) is 2. The van der Waals surface area contributed by atoms with E-state index in [1.807, 2.05) is 44.2 Å². The van der Waals surface area contributed by atoms with Gasteiger partial charge in [0.05, 0.1) is 31.7 Å². The van der Waals surface area contributed by atoms with Crippen LogP contribution in [0.4, 0.5) is 5.69 Å². The molecule has 3 aromatic rings. The molecule has 3 aromatic carbocycles. The van der Waals surface area contributed by atoms with Gasteiger partial charge >= 0.3 is 0 Å². The van der Waals surface area contributed by atoms with Crippen LogP contribution in [0.5, 0.6) is 0 Å². The highest BCUT2D eigenvalue weighted by Gasteiger charge is 2.20. The lowest BCUT2D eigenvalue weighted by Crippen LogP contribution is -2.35. The zero-order valence-corrected chi connectivity index (χ0v) is 22.6. The normalized spacial score (nSPS) is 14.4. The van der Waals surface area contributed by atoms with Gasteiger partial charge in [0.15, 0.2) is 0 Å². The van der Waals surface area contributed by atoms with Crippen LogP contribution in [0.1, 0.15) is 38.2 Å². The molecule has 1 N–H and O–H groups in total. The van der Waals surface area contributed by atoms with Crippen LogP contribution >= 0.6 is 0 Å². The van der Waals surface area contributed by atoms with Crippen LogP contribution < -0.4 is 9.62 Å². The van der Waals surface area contributed by atoms with Gasteiger partial charge in [-0.2, -0.15) is 0 Å². The van der Waals surface area contributed by atoms with Crippen molar-refractivity contribution in [2.24, 2.45) is 0 Å². The van der Waals surface area contributed by atoms with E-state index in [1.54, 1.807) is 24.3 Å². The first kappa shape index (κ1) is 26.9. The zero-order valence-electron chi connectivity index (χ0n) is 21.7. The predicted octanol–water partition coefficient (Wildman–Crippen LogP) is 4.03. The van der Waals surface area contributed by atoms with Crippen molar-refractivity contribution in [3.05, 3.63) is 100 Å². The molecule has 0 bridgehead atoms. The summed E-state index contributed by atoms with van der Waals surface area (Å²) in [5.74, 6) is -0.168. The van der Waals surface area contributed by atoms with Gasteiger partial charge in [-0.05, 0) is 59.9 Å². The van der Waals surface area contributed by atoms with Gasteiger partial charge in [-0.25, -0.2) is 8.42 Å². The molecule has 1 heterocycles. The van der Waals surface area contributed by atoms with Gasteiger partial charge in [0.2, 0.25) is 10.0 Å². The third-order valence-electron chi connectivity index (χ3n) is 6.56. The molecule has 4 rings (SSSR count). The summed E-state index contributed by atoms with van der Waals surface area (Å²) < 4.78 is 32.0. The number of rotatable bonds is 9. The summed E-state index contributed by atoms with van der Waals surface area (Å²) in [7, 11) is -3.49. The Balaban J connectivity index is 1.35. The Hall–Kier alpha value is -3.20.